The molecule has 10 heteroatoms. The molecule has 1 saturated heterocycles. The minimum Gasteiger partial charge on any atom is -0.304 e. The van der Waals surface area contributed by atoms with E-state index in [2.05, 4.69) is 4.72 Å². The SMILES string of the molecule is CN1CCN(S(=O)(=O)c2ccc(NS(=O)(=O)c3ccccc3F)cc2)CC1. The maximum Gasteiger partial charge on any atom is 0.264 e. The van der Waals surface area contributed by atoms with Crippen LogP contribution in [0.25, 0.3) is 0 Å². The summed E-state index contributed by atoms with van der Waals surface area (Å²) in [5, 5.41) is 0. The summed E-state index contributed by atoms with van der Waals surface area (Å²) in [5.41, 5.74) is 0.149. The Morgan fingerprint density at radius 2 is 1.48 bits per heavy atom. The highest BCUT2D eigenvalue weighted by Gasteiger charge is 2.27. The Morgan fingerprint density at radius 1 is 0.889 bits per heavy atom. The molecule has 7 nitrogen and oxygen atoms in total. The predicted octanol–water partition coefficient (Wildman–Crippen LogP) is 1.56. The molecule has 0 aliphatic carbocycles. The fraction of sp³-hybridized carbons (Fsp3) is 0.294. The van der Waals surface area contributed by atoms with Crippen LogP contribution in [0.4, 0.5) is 10.1 Å². The van der Waals surface area contributed by atoms with Crippen molar-refractivity contribution in [1.29, 1.82) is 0 Å². The van der Waals surface area contributed by atoms with Crippen molar-refractivity contribution in [2.75, 3.05) is 37.9 Å². The van der Waals surface area contributed by atoms with Gasteiger partial charge in [-0.1, -0.05) is 12.1 Å². The first-order valence-electron chi connectivity index (χ1n) is 8.26. The van der Waals surface area contributed by atoms with E-state index in [4.69, 9.17) is 0 Å². The van der Waals surface area contributed by atoms with Gasteiger partial charge in [-0.25, -0.2) is 21.2 Å². The predicted molar refractivity (Wildman–Crippen MR) is 99.9 cm³/mol. The smallest absolute Gasteiger partial charge is 0.264 e. The van der Waals surface area contributed by atoms with Gasteiger partial charge >= 0.3 is 0 Å². The zero-order valence-electron chi connectivity index (χ0n) is 14.7. The van der Waals surface area contributed by atoms with Crippen LogP contribution < -0.4 is 4.72 Å². The van der Waals surface area contributed by atoms with Crippen LogP contribution in [0.15, 0.2) is 58.3 Å². The van der Waals surface area contributed by atoms with E-state index in [0.717, 1.165) is 12.1 Å². The number of benzene rings is 2. The highest BCUT2D eigenvalue weighted by atomic mass is 32.2. The molecular formula is C17H20FN3O4S2. The lowest BCUT2D eigenvalue weighted by atomic mass is 10.3. The fourth-order valence-electron chi connectivity index (χ4n) is 2.75. The van der Waals surface area contributed by atoms with Crippen LogP contribution in [0.5, 0.6) is 0 Å². The third-order valence-electron chi connectivity index (χ3n) is 4.33. The van der Waals surface area contributed by atoms with Gasteiger partial charge in [0.25, 0.3) is 10.0 Å². The Bertz CT molecular complexity index is 1020. The monoisotopic (exact) mass is 413 g/mol. The van der Waals surface area contributed by atoms with Crippen molar-refractivity contribution in [2.45, 2.75) is 9.79 Å². The van der Waals surface area contributed by atoms with E-state index in [1.54, 1.807) is 0 Å². The van der Waals surface area contributed by atoms with Crippen LogP contribution >= 0.6 is 0 Å². The van der Waals surface area contributed by atoms with E-state index < -0.39 is 30.8 Å². The number of sulfonamides is 2. The molecule has 1 fully saturated rings. The number of piperazine rings is 1. The first-order valence-corrected chi connectivity index (χ1v) is 11.2. The van der Waals surface area contributed by atoms with Gasteiger partial charge in [0.15, 0.2) is 0 Å². The number of halogens is 1. The number of likely N-dealkylation sites (N-methyl/N-ethyl adjacent to an activating group) is 1. The van der Waals surface area contributed by atoms with Gasteiger partial charge in [0.1, 0.15) is 10.7 Å². The minimum absolute atomic E-state index is 0.0842. The highest BCUT2D eigenvalue weighted by molar-refractivity contribution is 7.92. The lowest BCUT2D eigenvalue weighted by molar-refractivity contribution is 0.222. The van der Waals surface area contributed by atoms with Gasteiger partial charge in [-0.2, -0.15) is 4.31 Å². The van der Waals surface area contributed by atoms with Crippen molar-refractivity contribution in [1.82, 2.24) is 9.21 Å². The van der Waals surface area contributed by atoms with Crippen molar-refractivity contribution < 1.29 is 21.2 Å². The molecule has 0 saturated carbocycles. The summed E-state index contributed by atoms with van der Waals surface area (Å²) >= 11 is 0. The van der Waals surface area contributed by atoms with Crippen LogP contribution in [-0.2, 0) is 20.0 Å². The molecule has 0 atom stereocenters. The van der Waals surface area contributed by atoms with E-state index >= 15 is 0 Å². The van der Waals surface area contributed by atoms with Crippen molar-refractivity contribution in [3.8, 4) is 0 Å². The Balaban J connectivity index is 1.78. The second kappa shape index (κ2) is 7.55. The maximum atomic E-state index is 13.7. The largest absolute Gasteiger partial charge is 0.304 e. The Morgan fingerprint density at radius 3 is 2.07 bits per heavy atom. The number of nitrogens with zero attached hydrogens (tertiary/aromatic N) is 2. The molecule has 0 spiro atoms. The molecule has 0 bridgehead atoms. The van der Waals surface area contributed by atoms with Gasteiger partial charge in [0.05, 0.1) is 4.90 Å². The summed E-state index contributed by atoms with van der Waals surface area (Å²) in [6.07, 6.45) is 0. The normalized spacial score (nSPS) is 17.0. The molecule has 0 amide bonds. The molecule has 1 aliphatic heterocycles. The van der Waals surface area contributed by atoms with Crippen LogP contribution in [0.3, 0.4) is 0 Å². The van der Waals surface area contributed by atoms with E-state index in [0.29, 0.717) is 26.2 Å². The summed E-state index contributed by atoms with van der Waals surface area (Å²) in [7, 11) is -5.81. The zero-order chi connectivity index (χ0) is 19.7. The Hall–Kier alpha value is -2.01. The number of rotatable bonds is 5. The molecule has 0 unspecified atom stereocenters. The molecule has 0 aromatic heterocycles. The molecular weight excluding hydrogens is 393 g/mol. The lowest BCUT2D eigenvalue weighted by Crippen LogP contribution is -2.46. The van der Waals surface area contributed by atoms with Crippen LogP contribution in [0.2, 0.25) is 0 Å². The van der Waals surface area contributed by atoms with Gasteiger partial charge in [0, 0.05) is 31.9 Å². The average Bonchev–Trinajstić information content (AvgIpc) is 2.62. The number of hydrogen-bond donors (Lipinski definition) is 1. The van der Waals surface area contributed by atoms with Gasteiger partial charge in [-0.15, -0.1) is 0 Å². The summed E-state index contributed by atoms with van der Waals surface area (Å²) in [5.74, 6) is -0.862. The lowest BCUT2D eigenvalue weighted by Gasteiger charge is -2.31. The molecule has 2 aromatic rings. The standard InChI is InChI=1S/C17H20FN3O4S2/c1-20-10-12-21(13-11-20)27(24,25)15-8-6-14(7-9-15)19-26(22,23)17-5-3-2-4-16(17)18/h2-9,19H,10-13H2,1H3. The maximum absolute atomic E-state index is 13.7. The second-order valence-electron chi connectivity index (χ2n) is 6.27. The van der Waals surface area contributed by atoms with Gasteiger partial charge in [-0.05, 0) is 43.4 Å². The Kier molecular flexibility index (Phi) is 5.52. The molecule has 1 aliphatic rings. The molecule has 146 valence electrons. The summed E-state index contributed by atoms with van der Waals surface area (Å²) < 4.78 is 67.4. The first-order chi connectivity index (χ1) is 12.7. The topological polar surface area (TPSA) is 86.8 Å². The van der Waals surface area contributed by atoms with Crippen LogP contribution in [0.1, 0.15) is 0 Å². The molecule has 0 radical (unpaired) electrons. The average molecular weight is 413 g/mol. The molecule has 3 rings (SSSR count). The van der Waals surface area contributed by atoms with E-state index in [1.165, 1.54) is 40.7 Å². The molecule has 2 aromatic carbocycles. The fourth-order valence-corrected chi connectivity index (χ4v) is 5.31. The van der Waals surface area contributed by atoms with Crippen molar-refractivity contribution >= 4 is 25.7 Å². The van der Waals surface area contributed by atoms with Crippen LogP contribution in [-0.4, -0.2) is 59.3 Å². The summed E-state index contributed by atoms with van der Waals surface area (Å²) in [6.45, 7) is 2.11. The molecule has 27 heavy (non-hydrogen) atoms. The minimum atomic E-state index is -4.11. The van der Waals surface area contributed by atoms with Gasteiger partial charge in [0.2, 0.25) is 10.0 Å². The Labute approximate surface area is 158 Å². The van der Waals surface area contributed by atoms with Gasteiger partial charge in [-0.3, -0.25) is 4.72 Å². The third-order valence-corrected chi connectivity index (χ3v) is 7.66. The number of anilines is 1. The highest BCUT2D eigenvalue weighted by Crippen LogP contribution is 2.22. The summed E-state index contributed by atoms with van der Waals surface area (Å²) in [6, 6.07) is 10.4. The van der Waals surface area contributed by atoms with Gasteiger partial charge < -0.3 is 4.90 Å². The quantitative estimate of drug-likeness (QED) is 0.804. The summed E-state index contributed by atoms with van der Waals surface area (Å²) in [4.78, 5) is 1.66. The van der Waals surface area contributed by atoms with Crippen molar-refractivity contribution in [3.63, 3.8) is 0 Å². The first kappa shape index (κ1) is 19.7. The van der Waals surface area contributed by atoms with Crippen LogP contribution in [0, 0.1) is 5.82 Å². The molecule has 1 heterocycles. The van der Waals surface area contributed by atoms with E-state index in [1.807, 2.05) is 11.9 Å². The third kappa shape index (κ3) is 4.29. The van der Waals surface area contributed by atoms with Crippen molar-refractivity contribution in [2.24, 2.45) is 0 Å². The number of hydrogen-bond acceptors (Lipinski definition) is 5. The van der Waals surface area contributed by atoms with E-state index in [-0.39, 0.29) is 10.6 Å². The zero-order valence-corrected chi connectivity index (χ0v) is 16.3. The van der Waals surface area contributed by atoms with Crippen molar-refractivity contribution in [3.05, 3.63) is 54.3 Å². The number of nitrogens with one attached hydrogen (secondary N) is 1. The molecule has 1 N–H and O–H groups in total. The van der Waals surface area contributed by atoms with E-state index in [9.17, 15) is 21.2 Å². The second-order valence-corrected chi connectivity index (χ2v) is 9.86.